The monoisotopic (exact) mass is 410 g/mol. The first kappa shape index (κ1) is 20.3. The van der Waals surface area contributed by atoms with Crippen molar-refractivity contribution in [3.63, 3.8) is 0 Å². The molecule has 1 fully saturated rings. The smallest absolute Gasteiger partial charge is 0.261 e. The average Bonchev–Trinajstić information content (AvgIpc) is 3.00. The first-order chi connectivity index (χ1) is 13.2. The summed E-state index contributed by atoms with van der Waals surface area (Å²) in [6.45, 7) is 4.79. The van der Waals surface area contributed by atoms with Gasteiger partial charge in [-0.15, -0.1) is 5.10 Å². The lowest BCUT2D eigenvalue weighted by Crippen LogP contribution is -2.37. The molecular formula is C17H26N6O4S. The molecule has 1 aliphatic rings. The van der Waals surface area contributed by atoms with Gasteiger partial charge in [0.05, 0.1) is 18.5 Å². The van der Waals surface area contributed by atoms with Gasteiger partial charge in [-0.25, -0.2) is 8.42 Å². The highest BCUT2D eigenvalue weighted by molar-refractivity contribution is 7.89. The third-order valence-electron chi connectivity index (χ3n) is 5.00. The zero-order valence-electron chi connectivity index (χ0n) is 16.8. The van der Waals surface area contributed by atoms with Gasteiger partial charge >= 0.3 is 0 Å². The van der Waals surface area contributed by atoms with Gasteiger partial charge in [-0.3, -0.25) is 14.2 Å². The molecule has 1 amide bonds. The fourth-order valence-electron chi connectivity index (χ4n) is 3.53. The van der Waals surface area contributed by atoms with Crippen molar-refractivity contribution in [1.29, 1.82) is 0 Å². The van der Waals surface area contributed by atoms with Crippen LogP contribution in [0.5, 0.6) is 5.88 Å². The van der Waals surface area contributed by atoms with E-state index in [9.17, 15) is 13.2 Å². The maximum atomic E-state index is 13.2. The molecule has 2 aromatic heterocycles. The summed E-state index contributed by atoms with van der Waals surface area (Å²) in [6.07, 6.45) is 2.16. The SMILES string of the molecule is COc1nn(C)cc1C(=O)N1CCCN(S(=O)(=O)c2c(C)nn(C)c2C)CC1. The molecule has 3 rings (SSSR count). The molecule has 154 valence electrons. The molecule has 0 aromatic carbocycles. The molecule has 0 saturated carbocycles. The predicted octanol–water partition coefficient (Wildman–Crippen LogP) is 0.316. The Labute approximate surface area is 164 Å². The Morgan fingerprint density at radius 1 is 1.11 bits per heavy atom. The highest BCUT2D eigenvalue weighted by atomic mass is 32.2. The van der Waals surface area contributed by atoms with Crippen LogP contribution in [-0.4, -0.2) is 76.4 Å². The lowest BCUT2D eigenvalue weighted by molar-refractivity contribution is 0.0761. The summed E-state index contributed by atoms with van der Waals surface area (Å²) in [5, 5.41) is 8.34. The number of aromatic nitrogens is 4. The second kappa shape index (κ2) is 7.55. The molecule has 0 unspecified atom stereocenters. The zero-order chi connectivity index (χ0) is 20.6. The Morgan fingerprint density at radius 3 is 2.43 bits per heavy atom. The number of amides is 1. The second-order valence-electron chi connectivity index (χ2n) is 6.90. The van der Waals surface area contributed by atoms with Gasteiger partial charge in [-0.2, -0.15) is 9.40 Å². The van der Waals surface area contributed by atoms with Crippen molar-refractivity contribution in [3.8, 4) is 5.88 Å². The Hall–Kier alpha value is -2.40. The van der Waals surface area contributed by atoms with E-state index in [0.717, 1.165) is 0 Å². The molecule has 28 heavy (non-hydrogen) atoms. The van der Waals surface area contributed by atoms with Crippen molar-refractivity contribution >= 4 is 15.9 Å². The minimum Gasteiger partial charge on any atom is -0.479 e. The number of nitrogens with zero attached hydrogens (tertiary/aromatic N) is 6. The van der Waals surface area contributed by atoms with Crippen LogP contribution in [0, 0.1) is 13.8 Å². The molecule has 0 N–H and O–H groups in total. The van der Waals surface area contributed by atoms with Gasteiger partial charge in [0.25, 0.3) is 5.91 Å². The van der Waals surface area contributed by atoms with E-state index in [-0.39, 0.29) is 23.2 Å². The van der Waals surface area contributed by atoms with Gasteiger partial charge in [0.1, 0.15) is 10.5 Å². The van der Waals surface area contributed by atoms with Crippen molar-refractivity contribution in [2.24, 2.45) is 14.1 Å². The van der Waals surface area contributed by atoms with Crippen LogP contribution in [0.3, 0.4) is 0 Å². The van der Waals surface area contributed by atoms with Gasteiger partial charge in [0, 0.05) is 46.5 Å². The zero-order valence-corrected chi connectivity index (χ0v) is 17.7. The highest BCUT2D eigenvalue weighted by Gasteiger charge is 2.33. The molecule has 1 aliphatic heterocycles. The molecule has 0 atom stereocenters. The van der Waals surface area contributed by atoms with Gasteiger partial charge < -0.3 is 9.64 Å². The van der Waals surface area contributed by atoms with Crippen LogP contribution in [-0.2, 0) is 24.1 Å². The predicted molar refractivity (Wildman–Crippen MR) is 102 cm³/mol. The summed E-state index contributed by atoms with van der Waals surface area (Å²) in [5.41, 5.74) is 1.47. The van der Waals surface area contributed by atoms with Crippen molar-refractivity contribution < 1.29 is 17.9 Å². The summed E-state index contributed by atoms with van der Waals surface area (Å²) < 4.78 is 36.1. The van der Waals surface area contributed by atoms with Crippen LogP contribution >= 0.6 is 0 Å². The molecule has 0 radical (unpaired) electrons. The van der Waals surface area contributed by atoms with Crippen molar-refractivity contribution in [2.45, 2.75) is 25.2 Å². The number of sulfonamides is 1. The summed E-state index contributed by atoms with van der Waals surface area (Å²) >= 11 is 0. The van der Waals surface area contributed by atoms with Crippen molar-refractivity contribution in [1.82, 2.24) is 28.8 Å². The van der Waals surface area contributed by atoms with E-state index in [2.05, 4.69) is 10.2 Å². The lowest BCUT2D eigenvalue weighted by atomic mass is 10.2. The molecule has 3 heterocycles. The second-order valence-corrected chi connectivity index (χ2v) is 8.77. The minimum atomic E-state index is -3.68. The molecule has 2 aromatic rings. The average molecular weight is 411 g/mol. The Morgan fingerprint density at radius 2 is 1.82 bits per heavy atom. The van der Waals surface area contributed by atoms with E-state index in [4.69, 9.17) is 4.74 Å². The third-order valence-corrected chi connectivity index (χ3v) is 7.15. The lowest BCUT2D eigenvalue weighted by Gasteiger charge is -2.22. The van der Waals surface area contributed by atoms with Crippen LogP contribution in [0.15, 0.2) is 11.1 Å². The molecule has 0 bridgehead atoms. The number of hydrogen-bond acceptors (Lipinski definition) is 6. The summed E-state index contributed by atoms with van der Waals surface area (Å²) in [4.78, 5) is 14.8. The van der Waals surface area contributed by atoms with Crippen molar-refractivity contribution in [3.05, 3.63) is 23.1 Å². The first-order valence-corrected chi connectivity index (χ1v) is 10.5. The topological polar surface area (TPSA) is 103 Å². The van der Waals surface area contributed by atoms with E-state index < -0.39 is 10.0 Å². The maximum Gasteiger partial charge on any atom is 0.261 e. The fourth-order valence-corrected chi connectivity index (χ4v) is 5.40. The summed E-state index contributed by atoms with van der Waals surface area (Å²) in [5.74, 6) is 0.0563. The molecule has 11 heteroatoms. The number of aryl methyl sites for hydroxylation is 3. The third kappa shape index (κ3) is 3.51. The number of methoxy groups -OCH3 is 1. The molecule has 10 nitrogen and oxygen atoms in total. The van der Waals surface area contributed by atoms with Crippen LogP contribution in [0.25, 0.3) is 0 Å². The van der Waals surface area contributed by atoms with Gasteiger partial charge in [-0.05, 0) is 20.3 Å². The van der Waals surface area contributed by atoms with Gasteiger partial charge in [0.2, 0.25) is 15.9 Å². The first-order valence-electron chi connectivity index (χ1n) is 9.04. The molecule has 0 spiro atoms. The Bertz CT molecular complexity index is 994. The number of hydrogen-bond donors (Lipinski definition) is 0. The van der Waals surface area contributed by atoms with Crippen LogP contribution in [0.2, 0.25) is 0 Å². The van der Waals surface area contributed by atoms with Gasteiger partial charge in [-0.1, -0.05) is 0 Å². The summed E-state index contributed by atoms with van der Waals surface area (Å²) in [7, 11) is 1.23. The van der Waals surface area contributed by atoms with E-state index in [0.29, 0.717) is 43.0 Å². The summed E-state index contributed by atoms with van der Waals surface area (Å²) in [6, 6.07) is 0. The molecule has 0 aliphatic carbocycles. The van der Waals surface area contributed by atoms with Crippen LogP contribution in [0.1, 0.15) is 28.2 Å². The van der Waals surface area contributed by atoms with Gasteiger partial charge in [0.15, 0.2) is 0 Å². The van der Waals surface area contributed by atoms with E-state index >= 15 is 0 Å². The normalized spacial score (nSPS) is 16.2. The Balaban J connectivity index is 1.80. The standard InChI is InChI=1S/C17H26N6O4S/c1-12-15(13(2)21(4)18-12)28(25,26)23-8-6-7-22(9-10-23)17(24)14-11-20(3)19-16(14)27-5/h11H,6-10H2,1-5H3. The minimum absolute atomic E-state index is 0.210. The largest absolute Gasteiger partial charge is 0.479 e. The van der Waals surface area contributed by atoms with E-state index in [1.165, 1.54) is 16.1 Å². The quantitative estimate of drug-likeness (QED) is 0.719. The van der Waals surface area contributed by atoms with Crippen LogP contribution < -0.4 is 4.74 Å². The number of ether oxygens (including phenoxy) is 1. The highest BCUT2D eigenvalue weighted by Crippen LogP contribution is 2.25. The van der Waals surface area contributed by atoms with E-state index in [1.54, 1.807) is 43.7 Å². The van der Waals surface area contributed by atoms with Crippen molar-refractivity contribution in [2.75, 3.05) is 33.3 Å². The number of carbonyl (C=O) groups excluding carboxylic acids is 1. The van der Waals surface area contributed by atoms with Crippen LogP contribution in [0.4, 0.5) is 0 Å². The number of rotatable bonds is 4. The fraction of sp³-hybridized carbons (Fsp3) is 0.588. The maximum absolute atomic E-state index is 13.2. The number of carbonyl (C=O) groups is 1. The molecule has 1 saturated heterocycles. The Kier molecular flexibility index (Phi) is 5.48. The molecular weight excluding hydrogens is 384 g/mol. The van der Waals surface area contributed by atoms with E-state index in [1.807, 2.05) is 0 Å².